The van der Waals surface area contributed by atoms with Gasteiger partial charge in [-0.05, 0) is 86.8 Å². The van der Waals surface area contributed by atoms with E-state index in [2.05, 4.69) is 215 Å². The van der Waals surface area contributed by atoms with E-state index < -0.39 is 0 Å². The molecule has 0 aliphatic heterocycles. The lowest BCUT2D eigenvalue weighted by Gasteiger charge is -2.10. The summed E-state index contributed by atoms with van der Waals surface area (Å²) in [5.74, 6) is 0.664. The van der Waals surface area contributed by atoms with Crippen LogP contribution in [0.3, 0.4) is 0 Å². The average Bonchev–Trinajstić information content (AvgIpc) is 4.02. The molecular weight excluding hydrogens is 761 g/mol. The Morgan fingerprint density at radius 1 is 0.344 bits per heavy atom. The van der Waals surface area contributed by atoms with Crippen molar-refractivity contribution >= 4 is 86.7 Å². The van der Waals surface area contributed by atoms with Gasteiger partial charge in [-0.15, -0.1) is 11.3 Å². The fraction of sp³-hybridized carbons (Fsp3) is 0. The number of para-hydroxylation sites is 1. The van der Waals surface area contributed by atoms with Gasteiger partial charge in [-0.2, -0.15) is 0 Å². The molecule has 5 heteroatoms. The van der Waals surface area contributed by atoms with Crippen molar-refractivity contribution in [2.45, 2.75) is 0 Å². The number of nitrogens with zero attached hydrogens (tertiary/aromatic N) is 4. The molecule has 0 amide bonds. The predicted molar refractivity (Wildman–Crippen MR) is 257 cm³/mol. The van der Waals surface area contributed by atoms with Crippen molar-refractivity contribution in [1.29, 1.82) is 0 Å². The van der Waals surface area contributed by atoms with Crippen LogP contribution in [0, 0.1) is 0 Å². The fourth-order valence-corrected chi connectivity index (χ4v) is 10.6. The van der Waals surface area contributed by atoms with E-state index in [1.165, 1.54) is 64.6 Å². The molecule has 0 saturated heterocycles. The first kappa shape index (κ1) is 34.0. The molecular formula is C56H34N4S. The lowest BCUT2D eigenvalue weighted by atomic mass is 9.98. The van der Waals surface area contributed by atoms with Crippen LogP contribution in [-0.2, 0) is 0 Å². The highest BCUT2D eigenvalue weighted by Gasteiger charge is 2.22. The first-order chi connectivity index (χ1) is 30.2. The van der Waals surface area contributed by atoms with Crippen LogP contribution in [0.15, 0.2) is 206 Å². The number of aromatic nitrogens is 4. The SMILES string of the molecule is c1ccc(-c2cc3c(-c4ccccc4)nc(-n4c5ccc(-c6ccc7c8c9ccccc9ccc8n(-c8ccccc8)c7c6)cc5c5c6ccccc6ccc54)nc3s2)cc1. The van der Waals surface area contributed by atoms with Gasteiger partial charge in [0.15, 0.2) is 0 Å². The van der Waals surface area contributed by atoms with Crippen LogP contribution in [0.25, 0.3) is 120 Å². The van der Waals surface area contributed by atoms with E-state index in [4.69, 9.17) is 9.97 Å². The zero-order valence-electron chi connectivity index (χ0n) is 32.8. The molecule has 0 N–H and O–H groups in total. The van der Waals surface area contributed by atoms with Crippen LogP contribution < -0.4 is 0 Å². The quantitative estimate of drug-likeness (QED) is 0.174. The minimum atomic E-state index is 0.664. The van der Waals surface area contributed by atoms with Gasteiger partial charge in [0.2, 0.25) is 5.95 Å². The third-order valence-corrected chi connectivity index (χ3v) is 13.4. The number of rotatable bonds is 5. The largest absolute Gasteiger partial charge is 0.309 e. The molecule has 0 spiro atoms. The van der Waals surface area contributed by atoms with Gasteiger partial charge >= 0.3 is 0 Å². The summed E-state index contributed by atoms with van der Waals surface area (Å²) in [5.41, 5.74) is 11.2. The Labute approximate surface area is 354 Å². The van der Waals surface area contributed by atoms with Crippen molar-refractivity contribution in [3.8, 4) is 44.5 Å². The van der Waals surface area contributed by atoms with E-state index in [0.717, 1.165) is 49.3 Å². The van der Waals surface area contributed by atoms with Crippen LogP contribution >= 0.6 is 11.3 Å². The van der Waals surface area contributed by atoms with Crippen molar-refractivity contribution < 1.29 is 0 Å². The Kier molecular flexibility index (Phi) is 7.44. The normalized spacial score (nSPS) is 11.9. The van der Waals surface area contributed by atoms with Crippen LogP contribution in [0.2, 0.25) is 0 Å². The van der Waals surface area contributed by atoms with Gasteiger partial charge in [0, 0.05) is 43.1 Å². The smallest absolute Gasteiger partial charge is 0.236 e. The number of fused-ring (bicyclic) bond motifs is 11. The minimum Gasteiger partial charge on any atom is -0.309 e. The summed E-state index contributed by atoms with van der Waals surface area (Å²) in [6.07, 6.45) is 0. The zero-order chi connectivity index (χ0) is 40.0. The maximum Gasteiger partial charge on any atom is 0.236 e. The minimum absolute atomic E-state index is 0.664. The Hall–Kier alpha value is -7.86. The Morgan fingerprint density at radius 2 is 0.918 bits per heavy atom. The van der Waals surface area contributed by atoms with Gasteiger partial charge < -0.3 is 4.57 Å². The molecule has 0 bridgehead atoms. The second kappa shape index (κ2) is 13.3. The summed E-state index contributed by atoms with van der Waals surface area (Å²) >= 11 is 1.72. The van der Waals surface area contributed by atoms with Crippen LogP contribution in [0.5, 0.6) is 0 Å². The van der Waals surface area contributed by atoms with Crippen molar-refractivity contribution in [2.24, 2.45) is 0 Å². The standard InChI is InChI=1S/C56H34N4S/c1-4-16-37(17-5-1)51-34-46-54(38-18-6-2-7-19-38)57-56(58-55(46)61-51)60-47-29-27-39(32-45(47)53-43-23-13-11-15-36(43)26-31-49(53)60)40-24-28-44-50(33-40)59(41-20-8-3-9-21-41)48-30-25-35-14-10-12-22-42(35)52(44)48/h1-34H. The number of hydrogen-bond donors (Lipinski definition) is 0. The highest BCUT2D eigenvalue weighted by atomic mass is 32.1. The monoisotopic (exact) mass is 794 g/mol. The summed E-state index contributed by atoms with van der Waals surface area (Å²) in [5, 5.41) is 10.9. The molecule has 4 heterocycles. The Balaban J connectivity index is 1.07. The first-order valence-electron chi connectivity index (χ1n) is 20.7. The third-order valence-electron chi connectivity index (χ3n) is 12.3. The predicted octanol–water partition coefficient (Wildman–Crippen LogP) is 15.2. The molecule has 0 saturated carbocycles. The van der Waals surface area contributed by atoms with Gasteiger partial charge in [-0.3, -0.25) is 4.57 Å². The second-order valence-electron chi connectivity index (χ2n) is 15.8. The molecule has 0 aliphatic rings. The van der Waals surface area contributed by atoms with Crippen LogP contribution in [0.4, 0.5) is 0 Å². The van der Waals surface area contributed by atoms with E-state index in [-0.39, 0.29) is 0 Å². The Morgan fingerprint density at radius 3 is 1.64 bits per heavy atom. The molecule has 0 fully saturated rings. The summed E-state index contributed by atoms with van der Waals surface area (Å²) in [6.45, 7) is 0. The average molecular weight is 795 g/mol. The Bertz CT molecular complexity index is 3860. The molecule has 284 valence electrons. The van der Waals surface area contributed by atoms with Crippen molar-refractivity contribution in [3.05, 3.63) is 206 Å². The van der Waals surface area contributed by atoms with E-state index in [0.29, 0.717) is 5.95 Å². The molecule has 61 heavy (non-hydrogen) atoms. The van der Waals surface area contributed by atoms with Crippen LogP contribution in [0.1, 0.15) is 0 Å². The van der Waals surface area contributed by atoms with E-state index in [1.54, 1.807) is 11.3 Å². The van der Waals surface area contributed by atoms with Gasteiger partial charge in [-0.25, -0.2) is 9.97 Å². The second-order valence-corrected chi connectivity index (χ2v) is 16.8. The molecule has 13 rings (SSSR count). The molecule has 0 aliphatic carbocycles. The van der Waals surface area contributed by atoms with Gasteiger partial charge in [0.05, 0.1) is 27.8 Å². The number of thiophene rings is 1. The molecule has 0 radical (unpaired) electrons. The first-order valence-corrected chi connectivity index (χ1v) is 21.5. The zero-order valence-corrected chi connectivity index (χ0v) is 33.6. The third kappa shape index (κ3) is 5.24. The number of hydrogen-bond acceptors (Lipinski definition) is 3. The molecule has 0 atom stereocenters. The van der Waals surface area contributed by atoms with Crippen LogP contribution in [-0.4, -0.2) is 19.1 Å². The van der Waals surface area contributed by atoms with Crippen molar-refractivity contribution in [3.63, 3.8) is 0 Å². The topological polar surface area (TPSA) is 35.6 Å². The van der Waals surface area contributed by atoms with Crippen molar-refractivity contribution in [1.82, 2.24) is 19.1 Å². The highest BCUT2D eigenvalue weighted by Crippen LogP contribution is 2.43. The van der Waals surface area contributed by atoms with Gasteiger partial charge in [0.1, 0.15) is 4.83 Å². The summed E-state index contributed by atoms with van der Waals surface area (Å²) in [7, 11) is 0. The van der Waals surface area contributed by atoms with E-state index in [1.807, 2.05) is 0 Å². The van der Waals surface area contributed by atoms with E-state index in [9.17, 15) is 0 Å². The molecule has 4 nitrogen and oxygen atoms in total. The maximum absolute atomic E-state index is 5.45. The summed E-state index contributed by atoms with van der Waals surface area (Å²) in [6, 6.07) is 74.4. The maximum atomic E-state index is 5.45. The molecule has 4 aromatic heterocycles. The summed E-state index contributed by atoms with van der Waals surface area (Å²) < 4.78 is 4.69. The highest BCUT2D eigenvalue weighted by molar-refractivity contribution is 7.21. The van der Waals surface area contributed by atoms with Gasteiger partial charge in [-0.1, -0.05) is 158 Å². The lowest BCUT2D eigenvalue weighted by Crippen LogP contribution is -2.02. The number of benzene rings is 9. The molecule has 13 aromatic rings. The summed E-state index contributed by atoms with van der Waals surface area (Å²) in [4.78, 5) is 13.0. The van der Waals surface area contributed by atoms with E-state index >= 15 is 0 Å². The molecule has 9 aromatic carbocycles. The lowest BCUT2D eigenvalue weighted by molar-refractivity contribution is 1.02. The van der Waals surface area contributed by atoms with Gasteiger partial charge in [0.25, 0.3) is 0 Å². The fourth-order valence-electron chi connectivity index (χ4n) is 9.58. The molecule has 0 unspecified atom stereocenters. The van der Waals surface area contributed by atoms with Crippen molar-refractivity contribution in [2.75, 3.05) is 0 Å².